The predicted molar refractivity (Wildman–Crippen MR) is 232 cm³/mol. The molecule has 1 saturated heterocycles. The van der Waals surface area contributed by atoms with Gasteiger partial charge in [-0.05, 0) is 96.4 Å². The van der Waals surface area contributed by atoms with Gasteiger partial charge in [0.05, 0.1) is 22.3 Å². The molecule has 0 spiro atoms. The molecule has 3 aromatic heterocycles. The number of Topliss-reactive ketones (excluding diaryl/α,β-unsaturated/α-hetero) is 1. The number of halogens is 3. The molecule has 2 aliphatic heterocycles. The maximum absolute atomic E-state index is 14.1. The van der Waals surface area contributed by atoms with Crippen LogP contribution in [0, 0.1) is 13.8 Å². The molecular weight excluding hydrogens is 788 g/mol. The fourth-order valence-corrected chi connectivity index (χ4v) is 9.05. The molecule has 10 nitrogen and oxygen atoms in total. The summed E-state index contributed by atoms with van der Waals surface area (Å²) >= 11 is 7.11. The van der Waals surface area contributed by atoms with Gasteiger partial charge in [-0.15, -0.1) is 0 Å². The number of aliphatic hydroxyl groups is 1. The smallest absolute Gasteiger partial charge is 0.297 e. The summed E-state index contributed by atoms with van der Waals surface area (Å²) in [5.74, 6) is -0.549. The van der Waals surface area contributed by atoms with E-state index < -0.39 is 20.6 Å². The number of ketones is 1. The van der Waals surface area contributed by atoms with Crippen molar-refractivity contribution >= 4 is 48.2 Å². The quantitative estimate of drug-likeness (QED) is 0.0878. The Balaban J connectivity index is 1.09. The van der Waals surface area contributed by atoms with Gasteiger partial charge in [-0.1, -0.05) is 62.7 Å². The summed E-state index contributed by atoms with van der Waals surface area (Å²) in [6.45, 7) is 20.2. The van der Waals surface area contributed by atoms with Gasteiger partial charge in [0.2, 0.25) is 0 Å². The zero-order chi connectivity index (χ0) is 42.2. The van der Waals surface area contributed by atoms with Crippen LogP contribution in [0.2, 0.25) is 23.2 Å². The normalized spacial score (nSPS) is 16.6. The Morgan fingerprint density at radius 3 is 2.54 bits per heavy atom. The second-order valence-corrected chi connectivity index (χ2v) is 22.7. The van der Waals surface area contributed by atoms with Crippen molar-refractivity contribution in [2.45, 2.75) is 97.6 Å². The van der Waals surface area contributed by atoms with Crippen LogP contribution in [0.1, 0.15) is 83.4 Å². The zero-order valence-corrected chi connectivity index (χ0v) is 36.8. The van der Waals surface area contributed by atoms with Crippen LogP contribution in [0.3, 0.4) is 0 Å². The van der Waals surface area contributed by atoms with E-state index in [-0.39, 0.29) is 29.2 Å². The highest BCUT2D eigenvalue weighted by Gasteiger charge is 2.37. The molecule has 0 radical (unpaired) electrons. The summed E-state index contributed by atoms with van der Waals surface area (Å²) in [6, 6.07) is 14.9. The van der Waals surface area contributed by atoms with Crippen LogP contribution in [0.25, 0.3) is 22.2 Å². The standard InChI is InChI=1S/C45H54ClF2N7O3Si/c1-27-20-36(50-38-26-54(17-15-32(27)38)18-19-58-59(6,7)45(3,4)5)39(57)22-30-10-8-12-34(40(30)46)33-11-9-13-35(28(33)2)51-43-41-37(52-44(53-43)42(47)48)21-29(23-49-41)24-55-16-14-31(56)25-55/h8-13,20-21,23,31,42,56H,14-19,22,24-26H2,1-7H3,(H,51,52,53)/t31-/m1/s1. The maximum Gasteiger partial charge on any atom is 0.297 e. The monoisotopic (exact) mass is 841 g/mol. The van der Waals surface area contributed by atoms with Gasteiger partial charge in [0.25, 0.3) is 6.43 Å². The summed E-state index contributed by atoms with van der Waals surface area (Å²) in [4.78, 5) is 36.2. The number of carbonyl (C=O) groups is 1. The maximum atomic E-state index is 14.1. The lowest BCUT2D eigenvalue weighted by atomic mass is 9.94. The Bertz CT molecular complexity index is 2370. The lowest BCUT2D eigenvalue weighted by Crippen LogP contribution is -2.43. The Morgan fingerprint density at radius 2 is 1.81 bits per heavy atom. The number of aromatic nitrogens is 4. The SMILES string of the molecule is Cc1cc(C(=O)Cc2cccc(-c3cccc(Nc4nc(C(F)F)nc5cc(CN6CC[C@@H](O)C6)cnc45)c3C)c2Cl)nc2c1CCN(CCO[Si](C)(C)C(C)(C)C)C2. The number of aryl methyl sites for hydroxylation is 1. The molecule has 0 saturated carbocycles. The second kappa shape index (κ2) is 17.4. The predicted octanol–water partition coefficient (Wildman–Crippen LogP) is 9.41. The number of alkyl halides is 2. The minimum absolute atomic E-state index is 0.0777. The largest absolute Gasteiger partial charge is 0.416 e. The van der Waals surface area contributed by atoms with Crippen LogP contribution in [0.15, 0.2) is 54.7 Å². The van der Waals surface area contributed by atoms with Gasteiger partial charge in [0.1, 0.15) is 11.2 Å². The third-order valence-electron chi connectivity index (χ3n) is 12.2. The number of anilines is 2. The van der Waals surface area contributed by atoms with Crippen molar-refractivity contribution in [3.05, 3.63) is 105 Å². The number of carbonyl (C=O) groups excluding carboxylic acids is 1. The van der Waals surface area contributed by atoms with Crippen molar-refractivity contribution in [3.63, 3.8) is 0 Å². The number of hydrogen-bond donors (Lipinski definition) is 2. The molecule has 1 fully saturated rings. The minimum Gasteiger partial charge on any atom is -0.416 e. The number of aliphatic hydroxyl groups excluding tert-OH is 1. The van der Waals surface area contributed by atoms with Crippen molar-refractivity contribution in [1.29, 1.82) is 0 Å². The van der Waals surface area contributed by atoms with E-state index in [1.165, 1.54) is 5.56 Å². The highest BCUT2D eigenvalue weighted by Crippen LogP contribution is 2.38. The molecule has 14 heteroatoms. The Morgan fingerprint density at radius 1 is 1.05 bits per heavy atom. The number of rotatable bonds is 13. The lowest BCUT2D eigenvalue weighted by molar-refractivity contribution is 0.0987. The average molecular weight is 843 g/mol. The molecule has 5 heterocycles. The van der Waals surface area contributed by atoms with Crippen molar-refractivity contribution < 1.29 is 23.1 Å². The number of likely N-dealkylation sites (tertiary alicyclic amines) is 1. The minimum atomic E-state index is -2.89. The van der Waals surface area contributed by atoms with E-state index in [2.05, 4.69) is 70.9 Å². The van der Waals surface area contributed by atoms with Crippen molar-refractivity contribution in [2.75, 3.05) is 38.1 Å². The molecule has 2 aliphatic rings. The molecule has 0 unspecified atom stereocenters. The van der Waals surface area contributed by atoms with Crippen LogP contribution >= 0.6 is 11.6 Å². The molecule has 2 aromatic carbocycles. The first kappa shape index (κ1) is 42.9. The van der Waals surface area contributed by atoms with Crippen LogP contribution in [0.5, 0.6) is 0 Å². The summed E-state index contributed by atoms with van der Waals surface area (Å²) in [5.41, 5.74) is 8.80. The Kier molecular flexibility index (Phi) is 12.6. The molecule has 0 aliphatic carbocycles. The second-order valence-electron chi connectivity index (χ2n) is 17.5. The zero-order valence-electron chi connectivity index (χ0n) is 35.0. The van der Waals surface area contributed by atoms with Gasteiger partial charge in [-0.3, -0.25) is 19.6 Å². The molecule has 0 amide bonds. The van der Waals surface area contributed by atoms with E-state index in [1.54, 1.807) is 12.3 Å². The number of fused-ring (bicyclic) bond motifs is 2. The summed E-state index contributed by atoms with van der Waals surface area (Å²) < 4.78 is 34.6. The number of hydrogen-bond acceptors (Lipinski definition) is 10. The van der Waals surface area contributed by atoms with Crippen LogP contribution in [0.4, 0.5) is 20.3 Å². The van der Waals surface area contributed by atoms with E-state index in [4.69, 9.17) is 21.0 Å². The topological polar surface area (TPSA) is 117 Å². The number of β-amino-alcohol motifs (C(OH)–C–C–N with tert-alkyl or cyclic N) is 1. The van der Waals surface area contributed by atoms with Crippen LogP contribution in [-0.2, 0) is 30.4 Å². The first-order chi connectivity index (χ1) is 28.0. The van der Waals surface area contributed by atoms with E-state index >= 15 is 0 Å². The third-order valence-corrected chi connectivity index (χ3v) is 17.2. The lowest BCUT2D eigenvalue weighted by Gasteiger charge is -2.37. The van der Waals surface area contributed by atoms with Crippen LogP contribution < -0.4 is 5.32 Å². The average Bonchev–Trinajstić information content (AvgIpc) is 3.59. The van der Waals surface area contributed by atoms with Gasteiger partial charge in [0.15, 0.2) is 25.7 Å². The van der Waals surface area contributed by atoms with Gasteiger partial charge in [-0.25, -0.2) is 23.7 Å². The van der Waals surface area contributed by atoms with E-state index in [0.717, 1.165) is 59.6 Å². The first-order valence-corrected chi connectivity index (χ1v) is 23.6. The Labute approximate surface area is 351 Å². The fourth-order valence-electron chi connectivity index (χ4n) is 7.72. The molecular formula is C45H54ClF2N7O3Si. The fraction of sp³-hybridized carbons (Fsp3) is 0.444. The molecule has 5 aromatic rings. The van der Waals surface area contributed by atoms with Gasteiger partial charge in [-0.2, -0.15) is 0 Å². The Hall–Kier alpha value is -4.24. The van der Waals surface area contributed by atoms with E-state index in [1.807, 2.05) is 49.4 Å². The molecule has 59 heavy (non-hydrogen) atoms. The van der Waals surface area contributed by atoms with Crippen molar-refractivity contribution in [3.8, 4) is 11.1 Å². The number of nitrogens with zero attached hydrogens (tertiary/aromatic N) is 6. The number of nitrogens with one attached hydrogen (secondary N) is 1. The van der Waals surface area contributed by atoms with E-state index in [9.17, 15) is 18.7 Å². The van der Waals surface area contributed by atoms with E-state index in [0.29, 0.717) is 65.7 Å². The number of benzene rings is 2. The highest BCUT2D eigenvalue weighted by atomic mass is 35.5. The molecule has 312 valence electrons. The van der Waals surface area contributed by atoms with Gasteiger partial charge < -0.3 is 14.8 Å². The molecule has 7 rings (SSSR count). The van der Waals surface area contributed by atoms with Crippen molar-refractivity contribution in [1.82, 2.24) is 29.7 Å². The van der Waals surface area contributed by atoms with Crippen molar-refractivity contribution in [2.24, 2.45) is 0 Å². The highest BCUT2D eigenvalue weighted by molar-refractivity contribution is 6.74. The molecule has 1 atom stereocenters. The first-order valence-electron chi connectivity index (χ1n) is 20.4. The molecule has 0 bridgehead atoms. The van der Waals surface area contributed by atoms with Gasteiger partial charge in [0, 0.05) is 69.7 Å². The summed E-state index contributed by atoms with van der Waals surface area (Å²) in [6.07, 6.45) is 0.0917. The van der Waals surface area contributed by atoms with Crippen LogP contribution in [-0.4, -0.2) is 87.8 Å². The molecule has 2 N–H and O–H groups in total. The third kappa shape index (κ3) is 9.56. The number of pyridine rings is 2. The summed E-state index contributed by atoms with van der Waals surface area (Å²) in [5, 5.41) is 13.8. The van der Waals surface area contributed by atoms with Gasteiger partial charge >= 0.3 is 0 Å². The summed E-state index contributed by atoms with van der Waals surface area (Å²) in [7, 11) is -1.84.